The molecule has 33 heavy (non-hydrogen) atoms. The largest absolute Gasteiger partial charge is 0.496 e. The fourth-order valence-corrected chi connectivity index (χ4v) is 4.18. The summed E-state index contributed by atoms with van der Waals surface area (Å²) in [5.74, 6) is -1.84. The number of methoxy groups -OCH3 is 1. The van der Waals surface area contributed by atoms with Crippen molar-refractivity contribution in [3.05, 3.63) is 77.6 Å². The van der Waals surface area contributed by atoms with Crippen molar-refractivity contribution in [2.45, 2.75) is 12.8 Å². The Hall–Kier alpha value is -3.74. The highest BCUT2D eigenvalue weighted by Gasteiger charge is 2.31. The maximum atomic E-state index is 13.8. The van der Waals surface area contributed by atoms with Gasteiger partial charge in [-0.25, -0.2) is 4.39 Å². The summed E-state index contributed by atoms with van der Waals surface area (Å²) in [5.41, 5.74) is 0.423. The zero-order valence-electron chi connectivity index (χ0n) is 18.3. The van der Waals surface area contributed by atoms with E-state index < -0.39 is 30.1 Å². The van der Waals surface area contributed by atoms with E-state index in [1.165, 1.54) is 18.2 Å². The predicted molar refractivity (Wildman–Crippen MR) is 121 cm³/mol. The van der Waals surface area contributed by atoms with Crippen LogP contribution in [0.1, 0.15) is 33.6 Å². The molecule has 0 N–H and O–H groups in total. The molecule has 0 aromatic heterocycles. The molecule has 0 saturated carbocycles. The fraction of sp³-hybridized carbons (Fsp3) is 0.269. The Balaban J connectivity index is 1.44. The number of fused-ring (bicyclic) bond motifs is 1. The summed E-state index contributed by atoms with van der Waals surface area (Å²) in [6.45, 7) is 0.191. The number of esters is 1. The van der Waals surface area contributed by atoms with Gasteiger partial charge in [-0.2, -0.15) is 0 Å². The van der Waals surface area contributed by atoms with Gasteiger partial charge in [-0.1, -0.05) is 36.4 Å². The molecule has 0 aliphatic carbocycles. The van der Waals surface area contributed by atoms with Crippen molar-refractivity contribution in [1.29, 1.82) is 0 Å². The van der Waals surface area contributed by atoms with Crippen molar-refractivity contribution in [2.75, 3.05) is 26.8 Å². The molecule has 170 valence electrons. The van der Waals surface area contributed by atoms with E-state index in [0.29, 0.717) is 30.7 Å². The van der Waals surface area contributed by atoms with Gasteiger partial charge in [0.25, 0.3) is 5.91 Å². The normalized spacial score (nSPS) is 15.8. The lowest BCUT2D eigenvalue weighted by atomic mass is 9.96. The summed E-state index contributed by atoms with van der Waals surface area (Å²) < 4.78 is 24.3. The van der Waals surface area contributed by atoms with Gasteiger partial charge >= 0.3 is 5.97 Å². The maximum absolute atomic E-state index is 13.8. The Morgan fingerprint density at radius 3 is 2.45 bits per heavy atom. The number of rotatable bonds is 6. The quantitative estimate of drug-likeness (QED) is 0.415. The van der Waals surface area contributed by atoms with E-state index >= 15 is 0 Å². The number of likely N-dealkylation sites (tertiary alicyclic amines) is 1. The summed E-state index contributed by atoms with van der Waals surface area (Å²) in [5, 5.41) is 1.62. The lowest BCUT2D eigenvalue weighted by molar-refractivity contribution is -0.148. The fourth-order valence-electron chi connectivity index (χ4n) is 4.18. The molecule has 0 radical (unpaired) electrons. The average Bonchev–Trinajstić information content (AvgIpc) is 2.86. The van der Waals surface area contributed by atoms with Crippen molar-refractivity contribution in [3.63, 3.8) is 0 Å². The molecule has 0 spiro atoms. The Kier molecular flexibility index (Phi) is 6.68. The van der Waals surface area contributed by atoms with Crippen LogP contribution in [0.2, 0.25) is 0 Å². The van der Waals surface area contributed by atoms with Crippen LogP contribution < -0.4 is 4.74 Å². The van der Waals surface area contributed by atoms with Gasteiger partial charge in [0.15, 0.2) is 6.61 Å². The number of ketones is 1. The predicted octanol–water partition coefficient (Wildman–Crippen LogP) is 4.27. The standard InChI is InChI=1S/C26H24FNO5/c1-32-24-13-12-20(18-8-2-3-9-19(18)24)25(30)28-14-6-7-17(15-28)26(31)33-16-23(29)21-10-4-5-11-22(21)27/h2-5,8-13,17H,6-7,14-16H2,1H3. The number of amides is 1. The van der Waals surface area contributed by atoms with Crippen LogP contribution >= 0.6 is 0 Å². The van der Waals surface area contributed by atoms with Gasteiger partial charge in [0.1, 0.15) is 11.6 Å². The first-order chi connectivity index (χ1) is 16.0. The summed E-state index contributed by atoms with van der Waals surface area (Å²) in [6, 6.07) is 16.6. The van der Waals surface area contributed by atoms with Gasteiger partial charge in [-0.15, -0.1) is 0 Å². The zero-order chi connectivity index (χ0) is 23.4. The molecule has 3 aromatic rings. The molecule has 1 atom stereocenters. The van der Waals surface area contributed by atoms with E-state index in [1.807, 2.05) is 24.3 Å². The summed E-state index contributed by atoms with van der Waals surface area (Å²) in [7, 11) is 1.58. The third kappa shape index (κ3) is 4.72. The second kappa shape index (κ2) is 9.81. The van der Waals surface area contributed by atoms with E-state index in [-0.39, 0.29) is 18.0 Å². The van der Waals surface area contributed by atoms with E-state index in [4.69, 9.17) is 9.47 Å². The number of halogens is 1. The maximum Gasteiger partial charge on any atom is 0.311 e. The highest BCUT2D eigenvalue weighted by Crippen LogP contribution is 2.30. The Morgan fingerprint density at radius 1 is 0.970 bits per heavy atom. The van der Waals surface area contributed by atoms with Crippen LogP contribution in [0.4, 0.5) is 4.39 Å². The molecule has 1 heterocycles. The number of benzene rings is 3. The second-order valence-electron chi connectivity index (χ2n) is 7.96. The van der Waals surface area contributed by atoms with Crippen LogP contribution in [0, 0.1) is 11.7 Å². The molecule has 3 aromatic carbocycles. The van der Waals surface area contributed by atoms with Crippen LogP contribution in [0.15, 0.2) is 60.7 Å². The lowest BCUT2D eigenvalue weighted by Gasteiger charge is -2.32. The highest BCUT2D eigenvalue weighted by atomic mass is 19.1. The molecule has 1 amide bonds. The molecule has 7 heteroatoms. The lowest BCUT2D eigenvalue weighted by Crippen LogP contribution is -2.43. The minimum absolute atomic E-state index is 0.114. The van der Waals surface area contributed by atoms with Crippen molar-refractivity contribution in [1.82, 2.24) is 4.90 Å². The smallest absolute Gasteiger partial charge is 0.311 e. The zero-order valence-corrected chi connectivity index (χ0v) is 18.3. The number of hydrogen-bond acceptors (Lipinski definition) is 5. The van der Waals surface area contributed by atoms with Gasteiger partial charge < -0.3 is 14.4 Å². The summed E-state index contributed by atoms with van der Waals surface area (Å²) in [6.07, 6.45) is 1.20. The number of Topliss-reactive ketones (excluding diaryl/α,β-unsaturated/α-hetero) is 1. The van der Waals surface area contributed by atoms with E-state index in [0.717, 1.165) is 10.8 Å². The third-order valence-corrected chi connectivity index (χ3v) is 5.90. The molecular formula is C26H24FNO5. The SMILES string of the molecule is COc1ccc(C(=O)N2CCCC(C(=O)OCC(=O)c3ccccc3F)C2)c2ccccc12. The minimum atomic E-state index is -0.653. The Morgan fingerprint density at radius 2 is 1.70 bits per heavy atom. The number of hydrogen-bond donors (Lipinski definition) is 0. The number of ether oxygens (including phenoxy) is 2. The minimum Gasteiger partial charge on any atom is -0.496 e. The molecular weight excluding hydrogens is 425 g/mol. The first-order valence-electron chi connectivity index (χ1n) is 10.8. The Bertz CT molecular complexity index is 1210. The van der Waals surface area contributed by atoms with E-state index in [9.17, 15) is 18.8 Å². The van der Waals surface area contributed by atoms with Crippen molar-refractivity contribution in [2.24, 2.45) is 5.92 Å². The summed E-state index contributed by atoms with van der Waals surface area (Å²) >= 11 is 0. The van der Waals surface area contributed by atoms with Crippen LogP contribution in [0.3, 0.4) is 0 Å². The molecule has 4 rings (SSSR count). The number of nitrogens with zero attached hydrogens (tertiary/aromatic N) is 1. The molecule has 0 bridgehead atoms. The third-order valence-electron chi connectivity index (χ3n) is 5.90. The monoisotopic (exact) mass is 449 g/mol. The van der Waals surface area contributed by atoms with E-state index in [1.54, 1.807) is 30.2 Å². The van der Waals surface area contributed by atoms with Gasteiger partial charge in [-0.05, 0) is 42.5 Å². The average molecular weight is 449 g/mol. The summed E-state index contributed by atoms with van der Waals surface area (Å²) in [4.78, 5) is 39.7. The van der Waals surface area contributed by atoms with Crippen molar-refractivity contribution in [3.8, 4) is 5.75 Å². The van der Waals surface area contributed by atoms with Crippen LogP contribution in [-0.2, 0) is 9.53 Å². The number of carbonyl (C=O) groups excluding carboxylic acids is 3. The van der Waals surface area contributed by atoms with Gasteiger partial charge in [0.05, 0.1) is 18.6 Å². The van der Waals surface area contributed by atoms with Gasteiger partial charge in [0, 0.05) is 24.0 Å². The van der Waals surface area contributed by atoms with Gasteiger partial charge in [-0.3, -0.25) is 14.4 Å². The highest BCUT2D eigenvalue weighted by molar-refractivity contribution is 6.08. The topological polar surface area (TPSA) is 72.9 Å². The van der Waals surface area contributed by atoms with Crippen molar-refractivity contribution < 1.29 is 28.2 Å². The molecule has 1 fully saturated rings. The van der Waals surface area contributed by atoms with Gasteiger partial charge in [0.2, 0.25) is 5.78 Å². The van der Waals surface area contributed by atoms with Crippen LogP contribution in [-0.4, -0.2) is 49.4 Å². The second-order valence-corrected chi connectivity index (χ2v) is 7.96. The first-order valence-corrected chi connectivity index (χ1v) is 10.8. The molecule has 6 nitrogen and oxygen atoms in total. The molecule has 1 aliphatic rings. The number of piperidine rings is 1. The molecule has 1 aliphatic heterocycles. The molecule has 1 saturated heterocycles. The Labute approximate surface area is 190 Å². The van der Waals surface area contributed by atoms with Crippen LogP contribution in [0.25, 0.3) is 10.8 Å². The van der Waals surface area contributed by atoms with E-state index in [2.05, 4.69) is 0 Å². The molecule has 1 unspecified atom stereocenters. The first kappa shape index (κ1) is 22.5. The van der Waals surface area contributed by atoms with Crippen molar-refractivity contribution >= 4 is 28.4 Å². The number of carbonyl (C=O) groups is 3. The van der Waals surface area contributed by atoms with Crippen LogP contribution in [0.5, 0.6) is 5.75 Å².